The molecule has 1 amide bonds. The quantitative estimate of drug-likeness (QED) is 0.821. The number of carbonyl (C=O) groups is 1. The SMILES string of the molecule is COc1ccc(C(NC(=O)COc2c(C)cccc2C)C(C)C)cc1. The van der Waals surface area contributed by atoms with Crippen molar-refractivity contribution in [3.05, 3.63) is 59.2 Å². The third kappa shape index (κ3) is 4.99. The van der Waals surface area contributed by atoms with Crippen molar-refractivity contribution >= 4 is 5.91 Å². The van der Waals surface area contributed by atoms with Crippen LogP contribution in [0.3, 0.4) is 0 Å². The molecule has 0 fully saturated rings. The van der Waals surface area contributed by atoms with Gasteiger partial charge in [0.25, 0.3) is 5.91 Å². The van der Waals surface area contributed by atoms with E-state index in [0.29, 0.717) is 0 Å². The van der Waals surface area contributed by atoms with E-state index < -0.39 is 0 Å². The number of hydrogen-bond acceptors (Lipinski definition) is 3. The summed E-state index contributed by atoms with van der Waals surface area (Å²) in [4.78, 5) is 12.4. The van der Waals surface area contributed by atoms with E-state index in [0.717, 1.165) is 28.2 Å². The molecule has 0 bridgehead atoms. The maximum atomic E-state index is 12.4. The number of rotatable bonds is 7. The fraction of sp³-hybridized carbons (Fsp3) is 0.381. The number of carbonyl (C=O) groups excluding carboxylic acids is 1. The Balaban J connectivity index is 2.02. The molecule has 0 spiro atoms. The van der Waals surface area contributed by atoms with Gasteiger partial charge in [0.15, 0.2) is 6.61 Å². The first kappa shape index (κ1) is 18.8. The molecule has 0 radical (unpaired) electrons. The van der Waals surface area contributed by atoms with Gasteiger partial charge in [0.2, 0.25) is 0 Å². The summed E-state index contributed by atoms with van der Waals surface area (Å²) in [5.41, 5.74) is 3.11. The van der Waals surface area contributed by atoms with Crippen LogP contribution in [0.15, 0.2) is 42.5 Å². The number of benzene rings is 2. The van der Waals surface area contributed by atoms with E-state index in [4.69, 9.17) is 9.47 Å². The van der Waals surface area contributed by atoms with E-state index in [9.17, 15) is 4.79 Å². The molecule has 2 aromatic rings. The Morgan fingerprint density at radius 1 is 1.04 bits per heavy atom. The van der Waals surface area contributed by atoms with Gasteiger partial charge in [-0.1, -0.05) is 44.2 Å². The average Bonchev–Trinajstić information content (AvgIpc) is 2.59. The molecular formula is C21H27NO3. The van der Waals surface area contributed by atoms with Crippen LogP contribution in [0.1, 0.15) is 36.6 Å². The van der Waals surface area contributed by atoms with Crippen LogP contribution in [-0.4, -0.2) is 19.6 Å². The molecule has 0 heterocycles. The molecule has 0 aromatic heterocycles. The number of methoxy groups -OCH3 is 1. The van der Waals surface area contributed by atoms with Crippen LogP contribution < -0.4 is 14.8 Å². The van der Waals surface area contributed by atoms with Gasteiger partial charge in [-0.3, -0.25) is 4.79 Å². The fourth-order valence-electron chi connectivity index (χ4n) is 2.83. The van der Waals surface area contributed by atoms with Crippen molar-refractivity contribution in [2.45, 2.75) is 33.7 Å². The minimum Gasteiger partial charge on any atom is -0.497 e. The molecule has 0 aliphatic rings. The lowest BCUT2D eigenvalue weighted by Gasteiger charge is -2.23. The summed E-state index contributed by atoms with van der Waals surface area (Å²) >= 11 is 0. The Bertz CT molecular complexity index is 687. The summed E-state index contributed by atoms with van der Waals surface area (Å²) in [5.74, 6) is 1.72. The van der Waals surface area contributed by atoms with Crippen molar-refractivity contribution in [1.82, 2.24) is 5.32 Å². The standard InChI is InChI=1S/C21H27NO3/c1-14(2)20(17-9-11-18(24-5)12-10-17)22-19(23)13-25-21-15(3)7-6-8-16(21)4/h6-12,14,20H,13H2,1-5H3,(H,22,23). The number of para-hydroxylation sites is 1. The average molecular weight is 341 g/mol. The minimum atomic E-state index is -0.128. The Kier molecular flexibility index (Phi) is 6.45. The van der Waals surface area contributed by atoms with Gasteiger partial charge in [-0.15, -0.1) is 0 Å². The van der Waals surface area contributed by atoms with Gasteiger partial charge in [0.1, 0.15) is 11.5 Å². The van der Waals surface area contributed by atoms with E-state index in [1.165, 1.54) is 0 Å². The first-order valence-electron chi connectivity index (χ1n) is 8.54. The molecule has 4 nitrogen and oxygen atoms in total. The topological polar surface area (TPSA) is 47.6 Å². The summed E-state index contributed by atoms with van der Waals surface area (Å²) in [7, 11) is 1.64. The molecule has 25 heavy (non-hydrogen) atoms. The number of nitrogens with one attached hydrogen (secondary N) is 1. The van der Waals surface area contributed by atoms with Crippen LogP contribution in [0.4, 0.5) is 0 Å². The number of hydrogen-bond donors (Lipinski definition) is 1. The van der Waals surface area contributed by atoms with E-state index >= 15 is 0 Å². The Labute approximate surface area is 150 Å². The first-order valence-corrected chi connectivity index (χ1v) is 8.54. The van der Waals surface area contributed by atoms with Crippen LogP contribution in [0.25, 0.3) is 0 Å². The highest BCUT2D eigenvalue weighted by Gasteiger charge is 2.19. The maximum absolute atomic E-state index is 12.4. The van der Waals surface area contributed by atoms with E-state index in [1.807, 2.05) is 56.3 Å². The smallest absolute Gasteiger partial charge is 0.258 e. The van der Waals surface area contributed by atoms with Crippen molar-refractivity contribution < 1.29 is 14.3 Å². The van der Waals surface area contributed by atoms with Crippen molar-refractivity contribution in [2.24, 2.45) is 5.92 Å². The third-order valence-corrected chi connectivity index (χ3v) is 4.21. The lowest BCUT2D eigenvalue weighted by atomic mass is 9.96. The monoisotopic (exact) mass is 341 g/mol. The number of aryl methyl sites for hydroxylation is 2. The van der Waals surface area contributed by atoms with Gasteiger partial charge in [-0.2, -0.15) is 0 Å². The first-order chi connectivity index (χ1) is 11.9. The Hall–Kier alpha value is -2.49. The van der Waals surface area contributed by atoms with Crippen molar-refractivity contribution in [1.29, 1.82) is 0 Å². The summed E-state index contributed by atoms with van der Waals surface area (Å²) in [6, 6.07) is 13.7. The highest BCUT2D eigenvalue weighted by atomic mass is 16.5. The zero-order valence-corrected chi connectivity index (χ0v) is 15.6. The number of ether oxygens (including phenoxy) is 2. The lowest BCUT2D eigenvalue weighted by molar-refractivity contribution is -0.124. The van der Waals surface area contributed by atoms with Gasteiger partial charge in [0.05, 0.1) is 13.2 Å². The normalized spacial score (nSPS) is 11.9. The highest BCUT2D eigenvalue weighted by Crippen LogP contribution is 2.25. The van der Waals surface area contributed by atoms with E-state index in [2.05, 4.69) is 19.2 Å². The van der Waals surface area contributed by atoms with Gasteiger partial charge in [-0.05, 0) is 48.6 Å². The van der Waals surface area contributed by atoms with Crippen LogP contribution in [0.2, 0.25) is 0 Å². The predicted octanol–water partition coefficient (Wildman–Crippen LogP) is 4.20. The van der Waals surface area contributed by atoms with Crippen molar-refractivity contribution in [3.8, 4) is 11.5 Å². The van der Waals surface area contributed by atoms with Crippen molar-refractivity contribution in [2.75, 3.05) is 13.7 Å². The van der Waals surface area contributed by atoms with Crippen LogP contribution in [0, 0.1) is 19.8 Å². The maximum Gasteiger partial charge on any atom is 0.258 e. The summed E-state index contributed by atoms with van der Waals surface area (Å²) < 4.78 is 10.9. The highest BCUT2D eigenvalue weighted by molar-refractivity contribution is 5.78. The van der Waals surface area contributed by atoms with Gasteiger partial charge < -0.3 is 14.8 Å². The van der Waals surface area contributed by atoms with E-state index in [1.54, 1.807) is 7.11 Å². The molecule has 0 aliphatic heterocycles. The van der Waals surface area contributed by atoms with Crippen molar-refractivity contribution in [3.63, 3.8) is 0 Å². The van der Waals surface area contributed by atoms with Crippen LogP contribution in [-0.2, 0) is 4.79 Å². The van der Waals surface area contributed by atoms with Gasteiger partial charge in [-0.25, -0.2) is 0 Å². The molecule has 4 heteroatoms. The van der Waals surface area contributed by atoms with E-state index in [-0.39, 0.29) is 24.5 Å². The lowest BCUT2D eigenvalue weighted by Crippen LogP contribution is -2.35. The minimum absolute atomic E-state index is 0.00503. The molecule has 2 rings (SSSR count). The molecule has 2 aromatic carbocycles. The molecular weight excluding hydrogens is 314 g/mol. The Morgan fingerprint density at radius 3 is 2.16 bits per heavy atom. The molecule has 0 aliphatic carbocycles. The van der Waals surface area contributed by atoms with Crippen LogP contribution in [0.5, 0.6) is 11.5 Å². The summed E-state index contributed by atoms with van der Waals surface area (Å²) in [6.07, 6.45) is 0. The largest absolute Gasteiger partial charge is 0.497 e. The molecule has 1 atom stereocenters. The number of amides is 1. The van der Waals surface area contributed by atoms with Gasteiger partial charge in [0, 0.05) is 0 Å². The predicted molar refractivity (Wildman–Crippen MR) is 100 cm³/mol. The second kappa shape index (κ2) is 8.56. The summed E-state index contributed by atoms with van der Waals surface area (Å²) in [5, 5.41) is 3.07. The van der Waals surface area contributed by atoms with Crippen LogP contribution >= 0.6 is 0 Å². The zero-order chi connectivity index (χ0) is 18.4. The fourth-order valence-corrected chi connectivity index (χ4v) is 2.83. The second-order valence-electron chi connectivity index (χ2n) is 6.57. The Morgan fingerprint density at radius 2 is 1.64 bits per heavy atom. The van der Waals surface area contributed by atoms with Gasteiger partial charge >= 0.3 is 0 Å². The molecule has 0 saturated heterocycles. The molecule has 1 unspecified atom stereocenters. The zero-order valence-electron chi connectivity index (χ0n) is 15.6. The summed E-state index contributed by atoms with van der Waals surface area (Å²) in [6.45, 7) is 8.14. The third-order valence-electron chi connectivity index (χ3n) is 4.21. The molecule has 1 N–H and O–H groups in total. The molecule has 134 valence electrons. The molecule has 0 saturated carbocycles. The second-order valence-corrected chi connectivity index (χ2v) is 6.57.